The first-order chi connectivity index (χ1) is 13.9. The third-order valence-electron chi connectivity index (χ3n) is 4.16. The Morgan fingerprint density at radius 1 is 1.21 bits per heavy atom. The average Bonchev–Trinajstić information content (AvgIpc) is 3.31. The van der Waals surface area contributed by atoms with Crippen LogP contribution in [0.2, 0.25) is 0 Å². The lowest BCUT2D eigenvalue weighted by Gasteiger charge is -2.14. The molecule has 12 nitrogen and oxygen atoms in total. The van der Waals surface area contributed by atoms with E-state index in [1.165, 1.54) is 0 Å². The number of nitrogens with one attached hydrogen (secondary N) is 1. The van der Waals surface area contributed by atoms with Crippen LogP contribution in [-0.4, -0.2) is 74.2 Å². The summed E-state index contributed by atoms with van der Waals surface area (Å²) >= 11 is 0. The highest BCUT2D eigenvalue weighted by Gasteiger charge is 2.45. The summed E-state index contributed by atoms with van der Waals surface area (Å²) in [6, 6.07) is 8.33. The Balaban J connectivity index is 1.49. The Bertz CT molecular complexity index is 887. The van der Waals surface area contributed by atoms with Gasteiger partial charge < -0.3 is 30.7 Å². The molecule has 1 saturated heterocycles. The van der Waals surface area contributed by atoms with Crippen molar-refractivity contribution in [2.75, 3.05) is 13.2 Å². The number of rotatable bonds is 7. The molecule has 0 radical (unpaired) electrons. The van der Waals surface area contributed by atoms with Crippen LogP contribution < -0.4 is 11.1 Å². The van der Waals surface area contributed by atoms with E-state index in [1.807, 2.05) is 0 Å². The fraction of sp³-hybridized carbons (Fsp3) is 0.353. The molecular formula is C17H19N5O7. The van der Waals surface area contributed by atoms with E-state index in [9.17, 15) is 24.6 Å². The third-order valence-corrected chi connectivity index (χ3v) is 4.16. The normalized spacial score (nSPS) is 23.5. The second-order valence-corrected chi connectivity index (χ2v) is 6.19. The van der Waals surface area contributed by atoms with Crippen molar-refractivity contribution in [3.63, 3.8) is 0 Å². The second kappa shape index (κ2) is 8.77. The standard InChI is InChI=1S/C17H19N5O7/c18-14(26)15-20-8-22(21-15)17-13(25)12(24)10(29-17)7-28-11(23)6-19-16(27)9-4-2-1-3-5-9/h1-5,8,10,12-13,17,24-25H,6-7H2,(H2,18,26)(H,19,27)/t10-,12?,13?,17-/m1/s1. The number of carbonyl (C=O) groups excluding carboxylic acids is 3. The fourth-order valence-corrected chi connectivity index (χ4v) is 2.67. The molecule has 2 unspecified atom stereocenters. The van der Waals surface area contributed by atoms with Gasteiger partial charge in [0.1, 0.15) is 37.8 Å². The van der Waals surface area contributed by atoms with Crippen molar-refractivity contribution in [3.05, 3.63) is 48.0 Å². The van der Waals surface area contributed by atoms with Gasteiger partial charge in [-0.25, -0.2) is 9.67 Å². The molecule has 5 N–H and O–H groups in total. The van der Waals surface area contributed by atoms with Crippen LogP contribution in [0.3, 0.4) is 0 Å². The highest BCUT2D eigenvalue weighted by atomic mass is 16.6. The van der Waals surface area contributed by atoms with Gasteiger partial charge in [0.15, 0.2) is 6.23 Å². The van der Waals surface area contributed by atoms with E-state index >= 15 is 0 Å². The molecule has 0 spiro atoms. The molecule has 154 valence electrons. The summed E-state index contributed by atoms with van der Waals surface area (Å²) in [6.07, 6.45) is -3.86. The van der Waals surface area contributed by atoms with E-state index in [4.69, 9.17) is 15.2 Å². The quantitative estimate of drug-likeness (QED) is 0.378. The van der Waals surface area contributed by atoms with Crippen LogP contribution in [0.5, 0.6) is 0 Å². The smallest absolute Gasteiger partial charge is 0.325 e. The molecule has 1 aromatic carbocycles. The predicted molar refractivity (Wildman–Crippen MR) is 94.2 cm³/mol. The molecule has 29 heavy (non-hydrogen) atoms. The van der Waals surface area contributed by atoms with E-state index in [1.54, 1.807) is 30.3 Å². The van der Waals surface area contributed by atoms with Gasteiger partial charge in [0.25, 0.3) is 11.8 Å². The number of carbonyl (C=O) groups is 3. The Morgan fingerprint density at radius 2 is 1.93 bits per heavy atom. The Hall–Kier alpha value is -3.35. The first-order valence-electron chi connectivity index (χ1n) is 8.58. The van der Waals surface area contributed by atoms with Crippen molar-refractivity contribution in [2.24, 2.45) is 5.73 Å². The number of aliphatic hydroxyl groups excluding tert-OH is 2. The lowest BCUT2D eigenvalue weighted by atomic mass is 10.1. The van der Waals surface area contributed by atoms with Crippen LogP contribution in [0.1, 0.15) is 27.2 Å². The van der Waals surface area contributed by atoms with E-state index in [2.05, 4.69) is 15.4 Å². The molecule has 1 aliphatic heterocycles. The van der Waals surface area contributed by atoms with Gasteiger partial charge >= 0.3 is 5.97 Å². The number of primary amides is 1. The number of hydrogen-bond acceptors (Lipinski definition) is 9. The van der Waals surface area contributed by atoms with Gasteiger partial charge in [0.05, 0.1) is 0 Å². The monoisotopic (exact) mass is 405 g/mol. The molecule has 2 aromatic rings. The Kier molecular flexibility index (Phi) is 6.16. The number of nitrogens with zero attached hydrogens (tertiary/aromatic N) is 3. The summed E-state index contributed by atoms with van der Waals surface area (Å²) in [5.74, 6) is -2.33. The molecule has 12 heteroatoms. The van der Waals surface area contributed by atoms with Crippen molar-refractivity contribution in [1.29, 1.82) is 0 Å². The number of amides is 2. The molecule has 0 bridgehead atoms. The zero-order valence-corrected chi connectivity index (χ0v) is 15.0. The van der Waals surface area contributed by atoms with Crippen LogP contribution >= 0.6 is 0 Å². The van der Waals surface area contributed by atoms with Crippen LogP contribution in [0.4, 0.5) is 0 Å². The highest BCUT2D eigenvalue weighted by Crippen LogP contribution is 2.28. The van der Waals surface area contributed by atoms with Crippen LogP contribution in [-0.2, 0) is 14.3 Å². The largest absolute Gasteiger partial charge is 0.461 e. The molecule has 2 heterocycles. The first-order valence-corrected chi connectivity index (χ1v) is 8.58. The second-order valence-electron chi connectivity index (χ2n) is 6.19. The van der Waals surface area contributed by atoms with Gasteiger partial charge in [-0.3, -0.25) is 14.4 Å². The summed E-state index contributed by atoms with van der Waals surface area (Å²) < 4.78 is 11.5. The summed E-state index contributed by atoms with van der Waals surface area (Å²) in [5, 5.41) is 26.4. The van der Waals surface area contributed by atoms with Gasteiger partial charge in [-0.1, -0.05) is 18.2 Å². The maximum atomic E-state index is 11.9. The molecule has 1 aliphatic rings. The average molecular weight is 405 g/mol. The van der Waals surface area contributed by atoms with Crippen molar-refractivity contribution in [2.45, 2.75) is 24.5 Å². The zero-order chi connectivity index (χ0) is 21.0. The van der Waals surface area contributed by atoms with Gasteiger partial charge in [-0.2, -0.15) is 0 Å². The van der Waals surface area contributed by atoms with Gasteiger partial charge in [-0.05, 0) is 12.1 Å². The molecule has 1 fully saturated rings. The lowest BCUT2D eigenvalue weighted by Crippen LogP contribution is -2.36. The molecule has 0 saturated carbocycles. The number of nitrogens with two attached hydrogens (primary N) is 1. The SMILES string of the molecule is NC(=O)c1ncn([C@@H]2O[C@H](COC(=O)CNC(=O)c3ccccc3)C(O)C2O)n1. The topological polar surface area (TPSA) is 179 Å². The molecule has 1 aromatic heterocycles. The van der Waals surface area contributed by atoms with E-state index < -0.39 is 42.3 Å². The zero-order valence-electron chi connectivity index (χ0n) is 15.0. The van der Waals surface area contributed by atoms with E-state index in [0.717, 1.165) is 11.0 Å². The maximum absolute atomic E-state index is 11.9. The minimum atomic E-state index is -1.40. The van der Waals surface area contributed by atoms with Crippen molar-refractivity contribution in [1.82, 2.24) is 20.1 Å². The maximum Gasteiger partial charge on any atom is 0.325 e. The van der Waals surface area contributed by atoms with Gasteiger partial charge in [-0.15, -0.1) is 5.10 Å². The van der Waals surface area contributed by atoms with Crippen molar-refractivity contribution in [3.8, 4) is 0 Å². The van der Waals surface area contributed by atoms with Crippen LogP contribution in [0, 0.1) is 0 Å². The summed E-state index contributed by atoms with van der Waals surface area (Å²) in [7, 11) is 0. The van der Waals surface area contributed by atoms with Crippen molar-refractivity contribution >= 4 is 17.8 Å². The fourth-order valence-electron chi connectivity index (χ4n) is 2.67. The molecule has 0 aliphatic carbocycles. The number of ether oxygens (including phenoxy) is 2. The predicted octanol–water partition coefficient (Wildman–Crippen LogP) is -2.03. The Labute approximate surface area is 164 Å². The number of aromatic nitrogens is 3. The highest BCUT2D eigenvalue weighted by molar-refractivity contribution is 5.95. The number of hydrogen-bond donors (Lipinski definition) is 4. The first kappa shape index (κ1) is 20.4. The molecule has 4 atom stereocenters. The van der Waals surface area contributed by atoms with Gasteiger partial charge in [0.2, 0.25) is 5.82 Å². The minimum Gasteiger partial charge on any atom is -0.461 e. The molecule has 2 amide bonds. The van der Waals surface area contributed by atoms with Crippen LogP contribution in [0.25, 0.3) is 0 Å². The number of esters is 1. The summed E-state index contributed by atoms with van der Waals surface area (Å²) in [6.45, 7) is -0.750. The van der Waals surface area contributed by atoms with E-state index in [-0.39, 0.29) is 19.0 Å². The summed E-state index contributed by atoms with van der Waals surface area (Å²) in [4.78, 5) is 38.5. The summed E-state index contributed by atoms with van der Waals surface area (Å²) in [5.41, 5.74) is 5.46. The number of aliphatic hydroxyl groups is 2. The lowest BCUT2D eigenvalue weighted by molar-refractivity contribution is -0.149. The molecule has 3 rings (SSSR count). The van der Waals surface area contributed by atoms with E-state index in [0.29, 0.717) is 5.56 Å². The van der Waals surface area contributed by atoms with Crippen LogP contribution in [0.15, 0.2) is 36.7 Å². The van der Waals surface area contributed by atoms with Crippen molar-refractivity contribution < 1.29 is 34.1 Å². The minimum absolute atomic E-state index is 0.278. The Morgan fingerprint density at radius 3 is 2.59 bits per heavy atom. The van der Waals surface area contributed by atoms with Gasteiger partial charge in [0, 0.05) is 5.56 Å². The third kappa shape index (κ3) is 4.74. The molecular weight excluding hydrogens is 386 g/mol. The number of benzene rings is 1.